The highest BCUT2D eigenvalue weighted by atomic mass is 16.5. The van der Waals surface area contributed by atoms with Crippen LogP contribution in [-0.4, -0.2) is 31.1 Å². The van der Waals surface area contributed by atoms with Crippen molar-refractivity contribution in [2.75, 3.05) is 23.4 Å². The second-order valence-corrected chi connectivity index (χ2v) is 9.88. The third kappa shape index (κ3) is 5.65. The molecule has 4 rings (SSSR count). The van der Waals surface area contributed by atoms with Crippen LogP contribution in [0.3, 0.4) is 0 Å². The van der Waals surface area contributed by atoms with Gasteiger partial charge >= 0.3 is 0 Å². The number of hydrogen-bond acceptors (Lipinski definition) is 4. The molecule has 0 bridgehead atoms. The molecule has 0 radical (unpaired) electrons. The quantitative estimate of drug-likeness (QED) is 0.497. The first-order valence-corrected chi connectivity index (χ1v) is 11.9. The van der Waals surface area contributed by atoms with Crippen molar-refractivity contribution in [2.24, 2.45) is 0 Å². The molecule has 1 N–H and O–H groups in total. The van der Waals surface area contributed by atoms with Gasteiger partial charge in [0.1, 0.15) is 18.1 Å². The Morgan fingerprint density at radius 2 is 1.80 bits per heavy atom. The number of nitrogens with one attached hydrogen (secondary N) is 1. The van der Waals surface area contributed by atoms with Gasteiger partial charge in [0, 0.05) is 11.3 Å². The molecule has 3 aromatic rings. The number of fused-ring (bicyclic) bond motifs is 1. The number of amides is 2. The molecule has 0 aromatic heterocycles. The predicted molar refractivity (Wildman–Crippen MR) is 139 cm³/mol. The van der Waals surface area contributed by atoms with Gasteiger partial charge in [-0.25, -0.2) is 0 Å². The summed E-state index contributed by atoms with van der Waals surface area (Å²) in [6.07, 6.45) is -0.594. The van der Waals surface area contributed by atoms with Crippen molar-refractivity contribution in [3.05, 3.63) is 83.4 Å². The van der Waals surface area contributed by atoms with Crippen molar-refractivity contribution in [3.8, 4) is 11.5 Å². The molecule has 35 heavy (non-hydrogen) atoms. The molecule has 1 aliphatic heterocycles. The average Bonchev–Trinajstić information content (AvgIpc) is 2.81. The first-order valence-electron chi connectivity index (χ1n) is 11.9. The van der Waals surface area contributed by atoms with E-state index in [4.69, 9.17) is 9.47 Å². The molecule has 6 heteroatoms. The van der Waals surface area contributed by atoms with Gasteiger partial charge in [-0.3, -0.25) is 9.59 Å². The highest BCUT2D eigenvalue weighted by Gasteiger charge is 2.31. The van der Waals surface area contributed by atoms with Crippen LogP contribution in [0.15, 0.2) is 66.7 Å². The first-order chi connectivity index (χ1) is 16.6. The molecule has 1 heterocycles. The monoisotopic (exact) mass is 472 g/mol. The van der Waals surface area contributed by atoms with E-state index in [1.807, 2.05) is 55.5 Å². The van der Waals surface area contributed by atoms with Crippen LogP contribution in [0, 0.1) is 6.92 Å². The van der Waals surface area contributed by atoms with Gasteiger partial charge in [0.05, 0.1) is 12.2 Å². The van der Waals surface area contributed by atoms with E-state index >= 15 is 0 Å². The normalized spacial score (nSPS) is 15.3. The molecular formula is C29H32N2O4. The average molecular weight is 473 g/mol. The van der Waals surface area contributed by atoms with E-state index in [1.165, 1.54) is 0 Å². The largest absolute Gasteiger partial charge is 0.492 e. The zero-order chi connectivity index (χ0) is 25.2. The summed E-state index contributed by atoms with van der Waals surface area (Å²) >= 11 is 0. The summed E-state index contributed by atoms with van der Waals surface area (Å²) in [6.45, 7) is 10.8. The number of aryl methyl sites for hydroxylation is 1. The van der Waals surface area contributed by atoms with Gasteiger partial charge in [0.25, 0.3) is 11.8 Å². The van der Waals surface area contributed by atoms with Crippen LogP contribution >= 0.6 is 0 Å². The lowest BCUT2D eigenvalue weighted by Crippen LogP contribution is -2.46. The summed E-state index contributed by atoms with van der Waals surface area (Å²) in [7, 11) is 0. The lowest BCUT2D eigenvalue weighted by molar-refractivity contribution is -0.125. The Morgan fingerprint density at radius 1 is 1.06 bits per heavy atom. The lowest BCUT2D eigenvalue weighted by Gasteiger charge is -2.33. The summed E-state index contributed by atoms with van der Waals surface area (Å²) < 4.78 is 11.7. The van der Waals surface area contributed by atoms with Gasteiger partial charge in [-0.05, 0) is 72.9 Å². The van der Waals surface area contributed by atoms with E-state index < -0.39 is 6.10 Å². The van der Waals surface area contributed by atoms with Crippen molar-refractivity contribution in [1.82, 2.24) is 0 Å². The molecule has 1 unspecified atom stereocenters. The first kappa shape index (κ1) is 24.3. The highest BCUT2D eigenvalue weighted by Crippen LogP contribution is 2.36. The molecule has 0 saturated heterocycles. The Balaban J connectivity index is 1.49. The number of carbonyl (C=O) groups excluding carboxylic acids is 2. The fourth-order valence-corrected chi connectivity index (χ4v) is 4.00. The number of rotatable bonds is 6. The molecule has 6 nitrogen and oxygen atoms in total. The van der Waals surface area contributed by atoms with Gasteiger partial charge < -0.3 is 19.7 Å². The molecule has 0 fully saturated rings. The number of nitrogens with zero attached hydrogens (tertiary/aromatic N) is 1. The molecule has 182 valence electrons. The third-order valence-corrected chi connectivity index (χ3v) is 6.01. The second-order valence-electron chi connectivity index (χ2n) is 9.88. The summed E-state index contributed by atoms with van der Waals surface area (Å²) in [6, 6.07) is 20.7. The molecule has 1 aliphatic rings. The van der Waals surface area contributed by atoms with Gasteiger partial charge in [0.15, 0.2) is 6.10 Å². The van der Waals surface area contributed by atoms with Crippen LogP contribution in [0.2, 0.25) is 0 Å². The van der Waals surface area contributed by atoms with Crippen LogP contribution in [0.1, 0.15) is 49.2 Å². The lowest BCUT2D eigenvalue weighted by atomic mass is 9.87. The van der Waals surface area contributed by atoms with Crippen molar-refractivity contribution in [2.45, 2.75) is 46.1 Å². The Morgan fingerprint density at radius 3 is 2.49 bits per heavy atom. The number of hydrogen-bond donors (Lipinski definition) is 1. The summed E-state index contributed by atoms with van der Waals surface area (Å²) in [4.78, 5) is 27.4. The molecule has 1 atom stereocenters. The number of ether oxygens (including phenoxy) is 2. The third-order valence-electron chi connectivity index (χ3n) is 6.01. The summed E-state index contributed by atoms with van der Waals surface area (Å²) in [5.74, 6) is 1.00. The molecule has 0 spiro atoms. The summed E-state index contributed by atoms with van der Waals surface area (Å²) in [5, 5.41) is 2.94. The van der Waals surface area contributed by atoms with Crippen molar-refractivity contribution in [1.29, 1.82) is 0 Å². The van der Waals surface area contributed by atoms with Crippen LogP contribution in [0.25, 0.3) is 0 Å². The van der Waals surface area contributed by atoms with Gasteiger partial charge in [-0.1, -0.05) is 45.0 Å². The Hall–Kier alpha value is -3.80. The fourth-order valence-electron chi connectivity index (χ4n) is 4.00. The van der Waals surface area contributed by atoms with Gasteiger partial charge in [0.2, 0.25) is 0 Å². The molecular weight excluding hydrogens is 440 g/mol. The molecule has 3 aromatic carbocycles. The van der Waals surface area contributed by atoms with E-state index in [1.54, 1.807) is 30.0 Å². The minimum Gasteiger partial charge on any atom is -0.492 e. The standard InChI is InChI=1S/C29H32N2O4/c1-19-7-6-8-24(17-19)34-16-15-31-25-18-23(13-14-26(25)35-20(2)28(31)33)30-27(32)21-9-11-22(12-10-21)29(3,4)5/h6-14,17-18,20H,15-16H2,1-5H3,(H,30,32). The van der Waals surface area contributed by atoms with Gasteiger partial charge in [-0.15, -0.1) is 0 Å². The highest BCUT2D eigenvalue weighted by molar-refractivity contribution is 6.05. The smallest absolute Gasteiger partial charge is 0.267 e. The maximum atomic E-state index is 12.9. The van der Waals surface area contributed by atoms with E-state index in [-0.39, 0.29) is 17.2 Å². The van der Waals surface area contributed by atoms with Crippen LogP contribution in [0.4, 0.5) is 11.4 Å². The summed E-state index contributed by atoms with van der Waals surface area (Å²) in [5.41, 5.74) is 4.06. The zero-order valence-electron chi connectivity index (χ0n) is 20.9. The van der Waals surface area contributed by atoms with Crippen LogP contribution < -0.4 is 19.7 Å². The zero-order valence-corrected chi connectivity index (χ0v) is 20.9. The van der Waals surface area contributed by atoms with Gasteiger partial charge in [-0.2, -0.15) is 0 Å². The number of anilines is 2. The Labute approximate surface area is 206 Å². The van der Waals surface area contributed by atoms with Crippen molar-refractivity contribution >= 4 is 23.2 Å². The maximum absolute atomic E-state index is 12.9. The van der Waals surface area contributed by atoms with Crippen LogP contribution in [-0.2, 0) is 10.2 Å². The minimum atomic E-state index is -0.594. The van der Waals surface area contributed by atoms with Crippen molar-refractivity contribution < 1.29 is 19.1 Å². The second kappa shape index (κ2) is 9.82. The number of carbonyl (C=O) groups is 2. The Bertz CT molecular complexity index is 1230. The van der Waals surface area contributed by atoms with E-state index in [9.17, 15) is 9.59 Å². The van der Waals surface area contributed by atoms with E-state index in [2.05, 4.69) is 26.1 Å². The molecule has 0 aliphatic carbocycles. The predicted octanol–water partition coefficient (Wildman–Crippen LogP) is 5.74. The maximum Gasteiger partial charge on any atom is 0.267 e. The topological polar surface area (TPSA) is 67.9 Å². The minimum absolute atomic E-state index is 0.0175. The SMILES string of the molecule is Cc1cccc(OCCN2C(=O)C(C)Oc3ccc(NC(=O)c4ccc(C(C)(C)C)cc4)cc32)c1. The van der Waals surface area contributed by atoms with Crippen LogP contribution in [0.5, 0.6) is 11.5 Å². The molecule has 0 saturated carbocycles. The fraction of sp³-hybridized carbons (Fsp3) is 0.310. The van der Waals surface area contributed by atoms with E-state index in [0.717, 1.165) is 16.9 Å². The van der Waals surface area contributed by atoms with E-state index in [0.29, 0.717) is 35.8 Å². The molecule has 2 amide bonds. The van der Waals surface area contributed by atoms with Crippen molar-refractivity contribution in [3.63, 3.8) is 0 Å². The Kier molecular flexibility index (Phi) is 6.83. The number of benzene rings is 3.